The van der Waals surface area contributed by atoms with E-state index in [1.54, 1.807) is 0 Å². The van der Waals surface area contributed by atoms with E-state index in [-0.39, 0.29) is 91.5 Å². The average molecular weight is 864 g/mol. The summed E-state index contributed by atoms with van der Waals surface area (Å²) in [6.45, 7) is 4.01. The molecule has 0 aliphatic rings. The maximum Gasteiger partial charge on any atom is 2.00 e. The topological polar surface area (TPSA) is 399 Å². The van der Waals surface area contributed by atoms with Crippen LogP contribution in [0.4, 0.5) is 0 Å². The van der Waals surface area contributed by atoms with Gasteiger partial charge in [0, 0.05) is 6.42 Å². The van der Waals surface area contributed by atoms with Crippen molar-refractivity contribution in [2.75, 3.05) is 26.2 Å². The first-order valence-corrected chi connectivity index (χ1v) is 5.83. The van der Waals surface area contributed by atoms with Crippen LogP contribution in [0.5, 0.6) is 0 Å². The quantitative estimate of drug-likeness (QED) is 0.0646. The summed E-state index contributed by atoms with van der Waals surface area (Å²) in [6.07, 6.45) is 3.52. The largest absolute Gasteiger partial charge is 2.00 e. The number of halogens is 2. The van der Waals surface area contributed by atoms with Gasteiger partial charge in [0.25, 0.3) is 15.3 Å². The summed E-state index contributed by atoms with van der Waals surface area (Å²) in [5.41, 5.74) is 10.7. The monoisotopic (exact) mass is 863 g/mol. The molecule has 0 aromatic heterocycles. The molecule has 0 aliphatic carbocycles. The molecule has 0 bridgehead atoms. The molecule has 21 N–H and O–H groups in total. The Labute approximate surface area is 214 Å². The molecular weight excluding hydrogens is 829 g/mol. The third-order valence-electron chi connectivity index (χ3n) is 1.47. The second-order valence-corrected chi connectivity index (χ2v) is 3.22. The summed E-state index contributed by atoms with van der Waals surface area (Å²) in [5.74, 6) is 0. The van der Waals surface area contributed by atoms with Crippen LogP contribution in [0, 0.1) is 30.3 Å². The average Bonchev–Trinajstić information content (AvgIpc) is 2.31. The van der Waals surface area contributed by atoms with E-state index in [2.05, 4.69) is 5.32 Å². The second kappa shape index (κ2) is 79.4. The van der Waals surface area contributed by atoms with E-state index >= 15 is 0 Å². The molecule has 0 fully saturated rings. The summed E-state index contributed by atoms with van der Waals surface area (Å²) in [6, 6.07) is 0. The van der Waals surface area contributed by atoms with Gasteiger partial charge in [-0.3, -0.25) is 0 Å². The van der Waals surface area contributed by atoms with E-state index in [4.69, 9.17) is 57.4 Å². The first kappa shape index (κ1) is 78.4. The van der Waals surface area contributed by atoms with Gasteiger partial charge < -0.3 is 81.8 Å². The minimum absolute atomic E-state index is 0. The molecule has 19 nitrogen and oxygen atoms in total. The fourth-order valence-corrected chi connectivity index (χ4v) is 0.840. The van der Waals surface area contributed by atoms with Crippen molar-refractivity contribution >= 4 is 0 Å². The molecule has 0 atom stereocenters. The fourth-order valence-electron chi connectivity index (χ4n) is 0.840. The molecule has 0 rings (SSSR count). The number of nitrogens with two attached hydrogens (primary N) is 3. The molecule has 198 valence electrons. The van der Waals surface area contributed by atoms with Gasteiger partial charge in [0.2, 0.25) is 0 Å². The van der Waals surface area contributed by atoms with E-state index in [9.17, 15) is 0 Å². The molecule has 0 amide bonds. The molecule has 23 heteroatoms. The first-order chi connectivity index (χ1) is 10.1. The third kappa shape index (κ3) is 478. The zero-order valence-corrected chi connectivity index (χ0v) is 22.1. The Morgan fingerprint density at radius 2 is 0.833 bits per heavy atom. The maximum atomic E-state index is 8.36. The number of unbranched alkanes of at least 4 members (excludes halogenated alkanes) is 1. The molecule has 30 heavy (non-hydrogen) atoms. The predicted molar refractivity (Wildman–Crippen MR) is 90.1 cm³/mol. The van der Waals surface area contributed by atoms with Crippen molar-refractivity contribution in [2.45, 2.75) is 19.3 Å². The SMILES string of the molecule is N.N.N.N.NCCCC[NH2+]CCCN.O=[N+]([O-])O.O=[N+]([O-])O.O=[N+]([O-])O.[Cl-].[Cl-].[Pt+2].[Pt+2]. The minimum atomic E-state index is -1.50. The molecule has 0 aliphatic heterocycles. The Bertz CT molecular complexity index is 246. The molecule has 0 saturated carbocycles. The van der Waals surface area contributed by atoms with Crippen LogP contribution in [0.1, 0.15) is 19.3 Å². The number of hydrogen-bond acceptors (Lipinski definition) is 12. The van der Waals surface area contributed by atoms with Crippen molar-refractivity contribution in [3.63, 3.8) is 0 Å². The zero-order valence-electron chi connectivity index (χ0n) is 16.0. The van der Waals surface area contributed by atoms with Gasteiger partial charge in [-0.2, -0.15) is 0 Å². The Kier molecular flexibility index (Phi) is 208. The van der Waals surface area contributed by atoms with Gasteiger partial charge in [-0.15, -0.1) is 30.3 Å². The Hall–Kier alpha value is -0.723. The first-order valence-electron chi connectivity index (χ1n) is 5.83. The Morgan fingerprint density at radius 1 is 0.633 bits per heavy atom. The zero-order chi connectivity index (χ0) is 18.4. The van der Waals surface area contributed by atoms with Crippen molar-refractivity contribution < 1.29 is 103 Å². The summed E-state index contributed by atoms with van der Waals surface area (Å²) in [4.78, 5) is 25.1. The summed E-state index contributed by atoms with van der Waals surface area (Å²) in [5, 5.41) is 43.2. The van der Waals surface area contributed by atoms with Gasteiger partial charge in [-0.1, -0.05) is 0 Å². The molecule has 0 heterocycles. The van der Waals surface area contributed by atoms with Crippen LogP contribution in [-0.2, 0) is 42.1 Å². The number of rotatable bonds is 7. The second-order valence-electron chi connectivity index (χ2n) is 3.22. The van der Waals surface area contributed by atoms with Crippen LogP contribution in [0.3, 0.4) is 0 Å². The predicted octanol–water partition coefficient (Wildman–Crippen LogP) is -7.75. The van der Waals surface area contributed by atoms with Crippen molar-refractivity contribution in [1.82, 2.24) is 24.6 Å². The van der Waals surface area contributed by atoms with E-state index < -0.39 is 15.3 Å². The van der Waals surface area contributed by atoms with Crippen LogP contribution in [0.25, 0.3) is 0 Å². The third-order valence-corrected chi connectivity index (χ3v) is 1.47. The molecule has 0 saturated heterocycles. The number of quaternary nitrogens is 1. The van der Waals surface area contributed by atoms with Crippen LogP contribution in [0.15, 0.2) is 0 Å². The van der Waals surface area contributed by atoms with Gasteiger partial charge in [-0.25, -0.2) is 0 Å². The van der Waals surface area contributed by atoms with Crippen LogP contribution < -0.4 is 66.2 Å². The number of hydrogen-bond donors (Lipinski definition) is 10. The van der Waals surface area contributed by atoms with Crippen LogP contribution >= 0.6 is 0 Å². The Morgan fingerprint density at radius 3 is 1.03 bits per heavy atom. The molecule has 0 radical (unpaired) electrons. The standard InChI is InChI=1S/C7H19N3.2ClH.3HNO3.4H3N.2Pt/c8-4-1-2-6-10-7-3-5-9;;;3*2-1(3)4;;;;;;/h10H,1-9H2;2*1H;3*(H,2,3,4);4*1H3;;/q;;;;;;;;;;2*+2/p-1. The van der Waals surface area contributed by atoms with Crippen LogP contribution in [-0.4, -0.2) is 57.1 Å². The molecule has 0 aromatic rings. The van der Waals surface area contributed by atoms with Crippen molar-refractivity contribution in [3.05, 3.63) is 30.3 Å². The fraction of sp³-hybridized carbons (Fsp3) is 1.00. The molecular formula is C7H35Cl2N10O9Pt2+3. The van der Waals surface area contributed by atoms with Crippen molar-refractivity contribution in [2.24, 2.45) is 11.5 Å². The van der Waals surface area contributed by atoms with Gasteiger partial charge in [0.05, 0.1) is 13.1 Å². The summed E-state index contributed by atoms with van der Waals surface area (Å²) < 4.78 is 0. The minimum Gasteiger partial charge on any atom is -1.00 e. The van der Waals surface area contributed by atoms with Gasteiger partial charge >= 0.3 is 42.1 Å². The van der Waals surface area contributed by atoms with Gasteiger partial charge in [0.15, 0.2) is 0 Å². The summed E-state index contributed by atoms with van der Waals surface area (Å²) in [7, 11) is 0. The van der Waals surface area contributed by atoms with Gasteiger partial charge in [-0.05, 0) is 25.9 Å². The smallest absolute Gasteiger partial charge is 1.00 e. The maximum absolute atomic E-state index is 8.36. The normalized spacial score (nSPS) is 5.80. The number of nitrogens with zero attached hydrogens (tertiary/aromatic N) is 3. The molecule has 0 unspecified atom stereocenters. The van der Waals surface area contributed by atoms with Crippen LogP contribution in [0.2, 0.25) is 0 Å². The Balaban J connectivity index is -0.0000000143. The molecule has 0 spiro atoms. The van der Waals surface area contributed by atoms with E-state index in [1.807, 2.05) is 0 Å². The molecule has 0 aromatic carbocycles. The van der Waals surface area contributed by atoms with E-state index in [1.165, 1.54) is 19.5 Å². The van der Waals surface area contributed by atoms with E-state index in [0.29, 0.717) is 0 Å². The summed E-state index contributed by atoms with van der Waals surface area (Å²) >= 11 is 0. The van der Waals surface area contributed by atoms with Crippen molar-refractivity contribution in [1.29, 1.82) is 0 Å². The van der Waals surface area contributed by atoms with Crippen molar-refractivity contribution in [3.8, 4) is 0 Å². The van der Waals surface area contributed by atoms with E-state index in [0.717, 1.165) is 25.9 Å². The van der Waals surface area contributed by atoms with Gasteiger partial charge in [0.1, 0.15) is 0 Å².